The Labute approximate surface area is 131 Å². The van der Waals surface area contributed by atoms with Crippen molar-refractivity contribution in [2.75, 3.05) is 33.4 Å². The zero-order chi connectivity index (χ0) is 16.2. The number of para-hydroxylation sites is 1. The van der Waals surface area contributed by atoms with Crippen molar-refractivity contribution in [3.63, 3.8) is 0 Å². The monoisotopic (exact) mass is 308 g/mol. The van der Waals surface area contributed by atoms with E-state index < -0.39 is 0 Å². The Morgan fingerprint density at radius 1 is 1.09 bits per heavy atom. The molecule has 0 aromatic heterocycles. The van der Waals surface area contributed by atoms with Gasteiger partial charge in [-0.2, -0.15) is 0 Å². The zero-order valence-corrected chi connectivity index (χ0v) is 13.2. The van der Waals surface area contributed by atoms with Crippen LogP contribution in [0.2, 0.25) is 0 Å². The number of aryl methyl sites for hydroxylation is 1. The third-order valence-electron chi connectivity index (χ3n) is 2.94. The van der Waals surface area contributed by atoms with Crippen molar-refractivity contribution in [3.05, 3.63) is 29.8 Å². The summed E-state index contributed by atoms with van der Waals surface area (Å²) in [5.74, 6) is 0.613. The highest BCUT2D eigenvalue weighted by Gasteiger charge is 2.03. The lowest BCUT2D eigenvalue weighted by Gasteiger charge is -2.09. The standard InChI is InChI=1S/C16H24N2O4/c1-13-6-3-4-7-14(13)22-11-5-8-15(19)17-9-10-18-16(20)12-21-2/h3-4,6-7H,5,8-12H2,1-2H3,(H,17,19)(H,18,20). The van der Waals surface area contributed by atoms with Gasteiger partial charge in [-0.05, 0) is 25.0 Å². The number of methoxy groups -OCH3 is 1. The summed E-state index contributed by atoms with van der Waals surface area (Å²) in [5, 5.41) is 5.37. The maximum absolute atomic E-state index is 11.6. The van der Waals surface area contributed by atoms with Crippen LogP contribution >= 0.6 is 0 Å². The highest BCUT2D eigenvalue weighted by molar-refractivity contribution is 5.77. The van der Waals surface area contributed by atoms with Crippen molar-refractivity contribution >= 4 is 11.8 Å². The van der Waals surface area contributed by atoms with E-state index in [0.29, 0.717) is 32.5 Å². The second kappa shape index (κ2) is 10.6. The van der Waals surface area contributed by atoms with Crippen molar-refractivity contribution in [3.8, 4) is 5.75 Å². The zero-order valence-electron chi connectivity index (χ0n) is 13.2. The van der Waals surface area contributed by atoms with E-state index in [1.54, 1.807) is 0 Å². The molecule has 0 fully saturated rings. The predicted octanol–water partition coefficient (Wildman–Crippen LogP) is 1.03. The maximum Gasteiger partial charge on any atom is 0.246 e. The highest BCUT2D eigenvalue weighted by Crippen LogP contribution is 2.16. The average molecular weight is 308 g/mol. The van der Waals surface area contributed by atoms with E-state index in [9.17, 15) is 9.59 Å². The lowest BCUT2D eigenvalue weighted by atomic mass is 10.2. The average Bonchev–Trinajstić information content (AvgIpc) is 2.50. The van der Waals surface area contributed by atoms with Crippen molar-refractivity contribution in [1.82, 2.24) is 10.6 Å². The Morgan fingerprint density at radius 3 is 2.45 bits per heavy atom. The van der Waals surface area contributed by atoms with Crippen LogP contribution in [-0.2, 0) is 14.3 Å². The number of carbonyl (C=O) groups is 2. The fraction of sp³-hybridized carbons (Fsp3) is 0.500. The fourth-order valence-electron chi connectivity index (χ4n) is 1.81. The molecule has 0 saturated carbocycles. The molecule has 22 heavy (non-hydrogen) atoms. The van der Waals surface area contributed by atoms with Gasteiger partial charge in [0.15, 0.2) is 0 Å². The number of ether oxygens (including phenoxy) is 2. The first-order chi connectivity index (χ1) is 10.6. The number of hydrogen-bond donors (Lipinski definition) is 2. The number of amides is 2. The van der Waals surface area contributed by atoms with Gasteiger partial charge in [0.1, 0.15) is 12.4 Å². The topological polar surface area (TPSA) is 76.7 Å². The van der Waals surface area contributed by atoms with Gasteiger partial charge in [-0.3, -0.25) is 9.59 Å². The van der Waals surface area contributed by atoms with Gasteiger partial charge in [-0.1, -0.05) is 18.2 Å². The SMILES string of the molecule is COCC(=O)NCCNC(=O)CCCOc1ccccc1C. The summed E-state index contributed by atoms with van der Waals surface area (Å²) in [6, 6.07) is 7.78. The number of hydrogen-bond acceptors (Lipinski definition) is 4. The minimum absolute atomic E-state index is 0.0319. The van der Waals surface area contributed by atoms with Crippen LogP contribution in [0.15, 0.2) is 24.3 Å². The minimum atomic E-state index is -0.191. The Hall–Kier alpha value is -2.08. The van der Waals surface area contributed by atoms with E-state index in [0.717, 1.165) is 11.3 Å². The molecule has 2 N–H and O–H groups in total. The molecule has 0 aliphatic heterocycles. The van der Waals surface area contributed by atoms with Crippen LogP contribution in [0.3, 0.4) is 0 Å². The second-order valence-corrected chi connectivity index (χ2v) is 4.85. The van der Waals surface area contributed by atoms with Gasteiger partial charge >= 0.3 is 0 Å². The molecule has 1 rings (SSSR count). The van der Waals surface area contributed by atoms with Gasteiger partial charge < -0.3 is 20.1 Å². The molecule has 1 aromatic rings. The van der Waals surface area contributed by atoms with E-state index in [1.807, 2.05) is 31.2 Å². The van der Waals surface area contributed by atoms with Crippen molar-refractivity contribution in [2.45, 2.75) is 19.8 Å². The molecule has 0 bridgehead atoms. The molecule has 0 saturated heterocycles. The molecule has 2 amide bonds. The van der Waals surface area contributed by atoms with E-state index in [-0.39, 0.29) is 18.4 Å². The van der Waals surface area contributed by atoms with Crippen LogP contribution in [0.25, 0.3) is 0 Å². The Morgan fingerprint density at radius 2 is 1.77 bits per heavy atom. The third kappa shape index (κ3) is 7.64. The van der Waals surface area contributed by atoms with Crippen LogP contribution in [0.4, 0.5) is 0 Å². The fourth-order valence-corrected chi connectivity index (χ4v) is 1.81. The maximum atomic E-state index is 11.6. The molecule has 0 atom stereocenters. The first-order valence-electron chi connectivity index (χ1n) is 7.34. The number of rotatable bonds is 10. The van der Waals surface area contributed by atoms with Crippen LogP contribution < -0.4 is 15.4 Å². The molecule has 0 heterocycles. The van der Waals surface area contributed by atoms with Crippen LogP contribution in [0.5, 0.6) is 5.75 Å². The third-order valence-corrected chi connectivity index (χ3v) is 2.94. The predicted molar refractivity (Wildman–Crippen MR) is 83.8 cm³/mol. The summed E-state index contributed by atoms with van der Waals surface area (Å²) in [6.45, 7) is 3.33. The van der Waals surface area contributed by atoms with Crippen LogP contribution in [0.1, 0.15) is 18.4 Å². The van der Waals surface area contributed by atoms with Gasteiger partial charge in [-0.15, -0.1) is 0 Å². The highest BCUT2D eigenvalue weighted by atomic mass is 16.5. The Balaban J connectivity index is 2.04. The first kappa shape index (κ1) is 18.0. The van der Waals surface area contributed by atoms with Crippen molar-refractivity contribution < 1.29 is 19.1 Å². The summed E-state index contributed by atoms with van der Waals surface area (Å²) >= 11 is 0. The smallest absolute Gasteiger partial charge is 0.246 e. The van der Waals surface area contributed by atoms with Gasteiger partial charge in [0.05, 0.1) is 6.61 Å². The summed E-state index contributed by atoms with van der Waals surface area (Å²) in [6.07, 6.45) is 1.05. The molecule has 0 unspecified atom stereocenters. The normalized spacial score (nSPS) is 10.1. The van der Waals surface area contributed by atoms with Crippen molar-refractivity contribution in [1.29, 1.82) is 0 Å². The molecule has 6 heteroatoms. The summed E-state index contributed by atoms with van der Waals surface area (Å²) in [4.78, 5) is 22.7. The Kier molecular flexibility index (Phi) is 8.67. The summed E-state index contributed by atoms with van der Waals surface area (Å²) < 4.78 is 10.3. The van der Waals surface area contributed by atoms with E-state index >= 15 is 0 Å². The number of nitrogens with one attached hydrogen (secondary N) is 2. The molecule has 0 radical (unpaired) electrons. The molecule has 6 nitrogen and oxygen atoms in total. The molecular formula is C16H24N2O4. The van der Waals surface area contributed by atoms with E-state index in [1.165, 1.54) is 7.11 Å². The molecule has 1 aromatic carbocycles. The van der Waals surface area contributed by atoms with Gasteiger partial charge in [0, 0.05) is 26.6 Å². The molecule has 0 aliphatic rings. The Bertz CT molecular complexity index is 477. The second-order valence-electron chi connectivity index (χ2n) is 4.85. The molecule has 0 aliphatic carbocycles. The molecular weight excluding hydrogens is 284 g/mol. The lowest BCUT2D eigenvalue weighted by Crippen LogP contribution is -2.36. The number of benzene rings is 1. The van der Waals surface area contributed by atoms with E-state index in [2.05, 4.69) is 15.4 Å². The largest absolute Gasteiger partial charge is 0.493 e. The van der Waals surface area contributed by atoms with Crippen LogP contribution in [0, 0.1) is 6.92 Å². The molecule has 0 spiro atoms. The quantitative estimate of drug-likeness (QED) is 0.633. The van der Waals surface area contributed by atoms with Crippen LogP contribution in [-0.4, -0.2) is 45.2 Å². The van der Waals surface area contributed by atoms with E-state index in [4.69, 9.17) is 4.74 Å². The minimum Gasteiger partial charge on any atom is -0.493 e. The summed E-state index contributed by atoms with van der Waals surface area (Å²) in [7, 11) is 1.46. The first-order valence-corrected chi connectivity index (χ1v) is 7.34. The molecule has 122 valence electrons. The van der Waals surface area contributed by atoms with Gasteiger partial charge in [-0.25, -0.2) is 0 Å². The van der Waals surface area contributed by atoms with Crippen molar-refractivity contribution in [2.24, 2.45) is 0 Å². The summed E-state index contributed by atoms with van der Waals surface area (Å²) in [5.41, 5.74) is 1.08. The number of carbonyl (C=O) groups excluding carboxylic acids is 2. The van der Waals surface area contributed by atoms with Gasteiger partial charge in [0.2, 0.25) is 11.8 Å². The van der Waals surface area contributed by atoms with Gasteiger partial charge in [0.25, 0.3) is 0 Å². The lowest BCUT2D eigenvalue weighted by molar-refractivity contribution is -0.125.